The first-order valence-corrected chi connectivity index (χ1v) is 5.91. The molecule has 19 heavy (non-hydrogen) atoms. The molecule has 2 aromatic rings. The van der Waals surface area contributed by atoms with Crippen molar-refractivity contribution >= 4 is 5.65 Å². The zero-order valence-electron chi connectivity index (χ0n) is 9.89. The summed E-state index contributed by atoms with van der Waals surface area (Å²) in [6.07, 6.45) is 2.42. The summed E-state index contributed by atoms with van der Waals surface area (Å²) in [6, 6.07) is -1.20. The Morgan fingerprint density at radius 2 is 2.16 bits per heavy atom. The first kappa shape index (κ1) is 12.3. The summed E-state index contributed by atoms with van der Waals surface area (Å²) in [5.41, 5.74) is 0.442. The van der Waals surface area contributed by atoms with Crippen molar-refractivity contribution in [3.05, 3.63) is 34.6 Å². The molecule has 1 fully saturated rings. The summed E-state index contributed by atoms with van der Waals surface area (Å²) < 4.78 is 1.55. The van der Waals surface area contributed by atoms with Crippen LogP contribution in [0.2, 0.25) is 0 Å². The van der Waals surface area contributed by atoms with Crippen molar-refractivity contribution in [2.75, 3.05) is 6.61 Å². The number of rotatable bonds is 2. The zero-order chi connectivity index (χ0) is 13.6. The predicted molar refractivity (Wildman–Crippen MR) is 64.6 cm³/mol. The molecule has 0 aliphatic carbocycles. The fourth-order valence-electron chi connectivity index (χ4n) is 2.46. The fourth-order valence-corrected chi connectivity index (χ4v) is 2.46. The van der Waals surface area contributed by atoms with Gasteiger partial charge in [-0.15, -0.1) is 0 Å². The molecular formula is C11H14N4O4. The lowest BCUT2D eigenvalue weighted by Gasteiger charge is -2.15. The van der Waals surface area contributed by atoms with Crippen LogP contribution in [0.15, 0.2) is 23.4 Å². The minimum Gasteiger partial charge on any atom is -0.395 e. The van der Waals surface area contributed by atoms with Crippen LogP contribution >= 0.6 is 0 Å². The van der Waals surface area contributed by atoms with Crippen LogP contribution in [0.3, 0.4) is 0 Å². The Hall–Kier alpha value is -1.74. The molecule has 102 valence electrons. The molecule has 8 nitrogen and oxygen atoms in total. The van der Waals surface area contributed by atoms with Crippen molar-refractivity contribution in [2.45, 2.75) is 24.3 Å². The first-order chi connectivity index (χ1) is 9.13. The Bertz CT molecular complexity index is 651. The van der Waals surface area contributed by atoms with Crippen molar-refractivity contribution in [1.82, 2.24) is 19.7 Å². The normalized spacial score (nSPS) is 31.1. The molecule has 0 unspecified atom stereocenters. The van der Waals surface area contributed by atoms with Gasteiger partial charge in [-0.05, 0) is 0 Å². The molecule has 0 amide bonds. The van der Waals surface area contributed by atoms with Crippen LogP contribution < -0.4 is 10.9 Å². The Kier molecular flexibility index (Phi) is 2.86. The molecule has 1 aliphatic heterocycles. The van der Waals surface area contributed by atoms with Gasteiger partial charge in [-0.1, -0.05) is 0 Å². The van der Waals surface area contributed by atoms with E-state index in [0.717, 1.165) is 0 Å². The van der Waals surface area contributed by atoms with E-state index in [1.807, 2.05) is 0 Å². The minimum atomic E-state index is -1.07. The molecule has 0 saturated carbocycles. The number of hydrogen-bond donors (Lipinski definition) is 5. The van der Waals surface area contributed by atoms with E-state index in [0.29, 0.717) is 5.69 Å². The zero-order valence-corrected chi connectivity index (χ0v) is 9.89. The van der Waals surface area contributed by atoms with Crippen molar-refractivity contribution in [1.29, 1.82) is 0 Å². The highest BCUT2D eigenvalue weighted by atomic mass is 16.3. The number of aliphatic hydroxyl groups excluding tert-OH is 3. The summed E-state index contributed by atoms with van der Waals surface area (Å²) in [7, 11) is 0. The summed E-state index contributed by atoms with van der Waals surface area (Å²) in [6.45, 7) is -0.286. The van der Waals surface area contributed by atoms with Crippen molar-refractivity contribution in [3.63, 3.8) is 0 Å². The van der Waals surface area contributed by atoms with Crippen LogP contribution in [-0.4, -0.2) is 54.5 Å². The average Bonchev–Trinajstić information content (AvgIpc) is 2.94. The second-order valence-corrected chi connectivity index (χ2v) is 4.58. The van der Waals surface area contributed by atoms with E-state index in [4.69, 9.17) is 5.11 Å². The van der Waals surface area contributed by atoms with E-state index < -0.39 is 24.3 Å². The van der Waals surface area contributed by atoms with E-state index >= 15 is 0 Å². The maximum absolute atomic E-state index is 11.6. The quantitative estimate of drug-likeness (QED) is 0.418. The van der Waals surface area contributed by atoms with Crippen molar-refractivity contribution < 1.29 is 15.3 Å². The molecule has 3 heterocycles. The third kappa shape index (κ3) is 1.77. The third-order valence-corrected chi connectivity index (χ3v) is 3.48. The van der Waals surface area contributed by atoms with Gasteiger partial charge in [0.1, 0.15) is 6.10 Å². The Morgan fingerprint density at radius 1 is 1.37 bits per heavy atom. The van der Waals surface area contributed by atoms with E-state index in [9.17, 15) is 15.0 Å². The second kappa shape index (κ2) is 4.42. The fraction of sp³-hybridized carbons (Fsp3) is 0.455. The number of nitrogens with one attached hydrogen (secondary N) is 2. The standard InChI is InChI=1S/C11H14N4O4/c16-4-5-8(17)9(18)7(14-5)6-3-13-10-11(19)12-1-2-15(6)10/h1-3,5,7-9,14,16-18H,4H2,(H,12,19)/t5-,7+,8-,9+/m1/s1. The monoisotopic (exact) mass is 266 g/mol. The number of aromatic amines is 1. The van der Waals surface area contributed by atoms with Gasteiger partial charge in [0.05, 0.1) is 36.7 Å². The van der Waals surface area contributed by atoms with Gasteiger partial charge in [0.2, 0.25) is 5.65 Å². The van der Waals surface area contributed by atoms with Gasteiger partial charge in [-0.3, -0.25) is 14.5 Å². The molecule has 0 radical (unpaired) electrons. The summed E-state index contributed by atoms with van der Waals surface area (Å²) in [4.78, 5) is 18.1. The lowest BCUT2D eigenvalue weighted by atomic mass is 10.1. The first-order valence-electron chi connectivity index (χ1n) is 5.91. The number of aliphatic hydroxyl groups is 3. The van der Waals surface area contributed by atoms with Gasteiger partial charge in [0.25, 0.3) is 5.56 Å². The number of nitrogens with zero attached hydrogens (tertiary/aromatic N) is 2. The Balaban J connectivity index is 2.06. The molecule has 3 rings (SSSR count). The van der Waals surface area contributed by atoms with Crippen molar-refractivity contribution in [3.8, 4) is 0 Å². The van der Waals surface area contributed by atoms with Crippen LogP contribution in [-0.2, 0) is 0 Å². The highest BCUT2D eigenvalue weighted by Crippen LogP contribution is 2.27. The predicted octanol–water partition coefficient (Wildman–Crippen LogP) is -2.25. The molecule has 2 aromatic heterocycles. The summed E-state index contributed by atoms with van der Waals surface area (Å²) in [5, 5.41) is 31.8. The molecule has 1 saturated heterocycles. The van der Waals surface area contributed by atoms with Gasteiger partial charge >= 0.3 is 0 Å². The van der Waals surface area contributed by atoms with Gasteiger partial charge in [0, 0.05) is 12.4 Å². The molecule has 0 spiro atoms. The summed E-state index contributed by atoms with van der Waals surface area (Å²) in [5.74, 6) is 0. The maximum atomic E-state index is 11.6. The van der Waals surface area contributed by atoms with Crippen LogP contribution in [0.5, 0.6) is 0 Å². The van der Waals surface area contributed by atoms with Crippen molar-refractivity contribution in [2.24, 2.45) is 0 Å². The molecular weight excluding hydrogens is 252 g/mol. The van der Waals surface area contributed by atoms with E-state index in [-0.39, 0.29) is 17.8 Å². The minimum absolute atomic E-state index is 0.216. The summed E-state index contributed by atoms with van der Waals surface area (Å²) >= 11 is 0. The molecule has 0 bridgehead atoms. The number of aromatic nitrogens is 3. The second-order valence-electron chi connectivity index (χ2n) is 4.58. The Morgan fingerprint density at radius 3 is 2.84 bits per heavy atom. The molecule has 4 atom stereocenters. The lowest BCUT2D eigenvalue weighted by molar-refractivity contribution is 0.0189. The van der Waals surface area contributed by atoms with Gasteiger partial charge in [-0.2, -0.15) is 0 Å². The Labute approximate surface area is 107 Å². The average molecular weight is 266 g/mol. The van der Waals surface area contributed by atoms with E-state index in [2.05, 4.69) is 15.3 Å². The molecule has 5 N–H and O–H groups in total. The molecule has 0 aromatic carbocycles. The van der Waals surface area contributed by atoms with Gasteiger partial charge < -0.3 is 20.3 Å². The number of H-pyrrole nitrogens is 1. The number of fused-ring (bicyclic) bond motifs is 1. The van der Waals surface area contributed by atoms with Crippen LogP contribution in [0.1, 0.15) is 11.7 Å². The number of hydrogen-bond acceptors (Lipinski definition) is 6. The highest BCUT2D eigenvalue weighted by molar-refractivity contribution is 5.38. The van der Waals surface area contributed by atoms with Gasteiger partial charge in [-0.25, -0.2) is 4.98 Å². The molecule has 1 aliphatic rings. The molecule has 8 heteroatoms. The largest absolute Gasteiger partial charge is 0.395 e. The topological polar surface area (TPSA) is 123 Å². The van der Waals surface area contributed by atoms with Gasteiger partial charge in [0.15, 0.2) is 0 Å². The van der Waals surface area contributed by atoms with Crippen LogP contribution in [0.4, 0.5) is 0 Å². The highest BCUT2D eigenvalue weighted by Gasteiger charge is 2.42. The van der Waals surface area contributed by atoms with E-state index in [1.54, 1.807) is 10.6 Å². The van der Waals surface area contributed by atoms with E-state index in [1.165, 1.54) is 12.4 Å². The lowest BCUT2D eigenvalue weighted by Crippen LogP contribution is -2.35. The smallest absolute Gasteiger partial charge is 0.291 e. The third-order valence-electron chi connectivity index (χ3n) is 3.48. The van der Waals surface area contributed by atoms with Crippen LogP contribution in [0.25, 0.3) is 5.65 Å². The maximum Gasteiger partial charge on any atom is 0.291 e. The van der Waals surface area contributed by atoms with Crippen LogP contribution in [0, 0.1) is 0 Å². The SMILES string of the molecule is O=c1[nH]ccn2c([C@@H]3N[C@H](CO)[C@@H](O)[C@H]3O)cnc12. The number of imidazole rings is 1.